The summed E-state index contributed by atoms with van der Waals surface area (Å²) in [6.45, 7) is 0.661. The number of aromatic nitrogens is 2. The average Bonchev–Trinajstić information content (AvgIpc) is 3.71. The number of carbonyl (C=O) groups excluding carboxylic acids is 2. The first kappa shape index (κ1) is 27.1. The van der Waals surface area contributed by atoms with Gasteiger partial charge in [0.2, 0.25) is 0 Å². The average molecular weight is 608 g/mol. The molecule has 1 aromatic heterocycles. The lowest BCUT2D eigenvalue weighted by Crippen LogP contribution is -2.22. The fourth-order valence-corrected chi connectivity index (χ4v) is 5.86. The number of nitrogens with one attached hydrogen (secondary N) is 1. The Labute approximate surface area is 239 Å². The highest BCUT2D eigenvalue weighted by atomic mass is 79.9. The van der Waals surface area contributed by atoms with Crippen LogP contribution in [-0.2, 0) is 4.79 Å². The molecule has 39 heavy (non-hydrogen) atoms. The molecule has 7 nitrogen and oxygen atoms in total. The van der Waals surface area contributed by atoms with Crippen molar-refractivity contribution in [1.82, 2.24) is 15.1 Å². The minimum atomic E-state index is -0.334. The van der Waals surface area contributed by atoms with Crippen LogP contribution in [0.25, 0.3) is 16.6 Å². The van der Waals surface area contributed by atoms with Gasteiger partial charge in [0.1, 0.15) is 11.4 Å². The van der Waals surface area contributed by atoms with E-state index in [4.69, 9.17) is 9.84 Å². The minimum Gasteiger partial charge on any atom is -0.427 e. The zero-order valence-electron chi connectivity index (χ0n) is 22.0. The highest BCUT2D eigenvalue weighted by Crippen LogP contribution is 2.47. The lowest BCUT2D eigenvalue weighted by Gasteiger charge is -2.28. The highest BCUT2D eigenvalue weighted by molar-refractivity contribution is 9.10. The molecule has 1 heterocycles. The molecule has 1 aliphatic rings. The van der Waals surface area contributed by atoms with Crippen LogP contribution < -0.4 is 14.4 Å². The van der Waals surface area contributed by atoms with Crippen molar-refractivity contribution in [3.8, 4) is 11.4 Å². The molecule has 9 heteroatoms. The number of hydrogen-bond donors (Lipinski definition) is 1. The molecule has 5 rings (SSSR count). The zero-order valence-corrected chi connectivity index (χ0v) is 24.4. The third kappa shape index (κ3) is 6.09. The molecular formula is C30H31BrN4O3S. The van der Waals surface area contributed by atoms with Crippen LogP contribution in [0, 0.1) is 0 Å². The smallest absolute Gasteiger partial charge is 0.311 e. The van der Waals surface area contributed by atoms with E-state index in [2.05, 4.69) is 49.8 Å². The summed E-state index contributed by atoms with van der Waals surface area (Å²) in [5.74, 6) is 4.91. The van der Waals surface area contributed by atoms with Gasteiger partial charge in [0, 0.05) is 29.9 Å². The predicted octanol–water partition coefficient (Wildman–Crippen LogP) is 6.46. The quantitative estimate of drug-likeness (QED) is 0.127. The monoisotopic (exact) mass is 606 g/mol. The molecule has 1 unspecified atom stereocenters. The largest absolute Gasteiger partial charge is 0.427 e. The van der Waals surface area contributed by atoms with Crippen molar-refractivity contribution in [3.05, 3.63) is 82.5 Å². The van der Waals surface area contributed by atoms with Gasteiger partial charge in [-0.15, -0.1) is 10.7 Å². The number of para-hydroxylation sites is 1. The van der Waals surface area contributed by atoms with Crippen molar-refractivity contribution in [2.75, 3.05) is 24.2 Å². The van der Waals surface area contributed by atoms with Crippen molar-refractivity contribution in [2.45, 2.75) is 31.6 Å². The molecule has 0 aliphatic heterocycles. The summed E-state index contributed by atoms with van der Waals surface area (Å²) in [7, 11) is 1.30. The number of benzene rings is 3. The molecule has 1 fully saturated rings. The van der Waals surface area contributed by atoms with Gasteiger partial charge in [-0.25, -0.2) is 4.68 Å². The van der Waals surface area contributed by atoms with E-state index in [9.17, 15) is 9.59 Å². The maximum absolute atomic E-state index is 13.1. The third-order valence-electron chi connectivity index (χ3n) is 6.71. The second kappa shape index (κ2) is 11.8. The normalized spacial score (nSPS) is 13.7. The molecule has 1 amide bonds. The van der Waals surface area contributed by atoms with E-state index in [0.717, 1.165) is 39.6 Å². The summed E-state index contributed by atoms with van der Waals surface area (Å²) in [5.41, 5.74) is 4.35. The van der Waals surface area contributed by atoms with Gasteiger partial charge in [0.05, 0.1) is 16.9 Å². The van der Waals surface area contributed by atoms with Crippen molar-refractivity contribution in [2.24, 2.45) is 0 Å². The summed E-state index contributed by atoms with van der Waals surface area (Å²) >= 11 is 3.48. The first-order chi connectivity index (χ1) is 18.9. The van der Waals surface area contributed by atoms with Crippen LogP contribution in [0.15, 0.2) is 71.2 Å². The van der Waals surface area contributed by atoms with E-state index in [-0.39, 0.29) is 22.5 Å². The van der Waals surface area contributed by atoms with Gasteiger partial charge < -0.3 is 14.4 Å². The third-order valence-corrected chi connectivity index (χ3v) is 8.37. The number of fused-ring (bicyclic) bond motifs is 1. The van der Waals surface area contributed by atoms with E-state index >= 15 is 0 Å². The number of halogens is 1. The molecular weight excluding hydrogens is 576 g/mol. The summed E-state index contributed by atoms with van der Waals surface area (Å²) in [6, 6.07) is 21.1. The van der Waals surface area contributed by atoms with Crippen LogP contribution in [0.5, 0.6) is 5.75 Å². The van der Waals surface area contributed by atoms with E-state index in [1.807, 2.05) is 42.5 Å². The van der Waals surface area contributed by atoms with E-state index in [0.29, 0.717) is 36.7 Å². The standard InChI is InChI=1S/C30H31BrN4O3S/c1-32-30(37)29-25-18-24(20-11-12-20)27(19-26(25)33-35(29)22-15-13-21(31)14-16-22)34(39(2)3)17-7-10-28(36)38-23-8-5-4-6-9-23/h4-6,8-9,13-16,18-20H,2,7,10-12,17H2,1,3H3,(H,32,37). The first-order valence-electron chi connectivity index (χ1n) is 12.9. The SMILES string of the molecule is C=S(C)N(CCCC(=O)Oc1ccccc1)c1cc2nn(-c3ccc(Br)cc3)c(C(=O)NC)c2cc1C1CC1. The molecule has 1 N–H and O–H groups in total. The van der Waals surface area contributed by atoms with Gasteiger partial charge in [-0.1, -0.05) is 40.0 Å². The van der Waals surface area contributed by atoms with E-state index in [1.54, 1.807) is 23.9 Å². The first-order valence-corrected chi connectivity index (χ1v) is 15.4. The Bertz CT molecular complexity index is 1530. The van der Waals surface area contributed by atoms with Crippen LogP contribution >= 0.6 is 26.6 Å². The minimum absolute atomic E-state index is 0.184. The van der Waals surface area contributed by atoms with Crippen LogP contribution in [-0.4, -0.2) is 47.4 Å². The second-order valence-electron chi connectivity index (χ2n) is 9.61. The lowest BCUT2D eigenvalue weighted by molar-refractivity contribution is -0.134. The van der Waals surface area contributed by atoms with Crippen LogP contribution in [0.4, 0.5) is 5.69 Å². The maximum Gasteiger partial charge on any atom is 0.311 e. The van der Waals surface area contributed by atoms with Gasteiger partial charge >= 0.3 is 5.97 Å². The Balaban J connectivity index is 1.47. The number of ether oxygens (including phenoxy) is 1. The number of carbonyl (C=O) groups is 2. The Morgan fingerprint density at radius 2 is 1.87 bits per heavy atom. The van der Waals surface area contributed by atoms with E-state index in [1.165, 1.54) is 5.56 Å². The molecule has 0 spiro atoms. The summed E-state index contributed by atoms with van der Waals surface area (Å²) in [6.07, 6.45) is 5.25. The topological polar surface area (TPSA) is 76.5 Å². The van der Waals surface area contributed by atoms with E-state index < -0.39 is 0 Å². The Hall–Kier alpha value is -3.43. The lowest BCUT2D eigenvalue weighted by atomic mass is 10.0. The highest BCUT2D eigenvalue weighted by Gasteiger charge is 2.30. The van der Waals surface area contributed by atoms with Crippen LogP contribution in [0.1, 0.15) is 47.7 Å². The molecule has 1 aliphatic carbocycles. The van der Waals surface area contributed by atoms with Gasteiger partial charge in [0.25, 0.3) is 5.91 Å². The second-order valence-corrected chi connectivity index (χ2v) is 12.2. The summed E-state index contributed by atoms with van der Waals surface area (Å²) in [5, 5.41) is 8.50. The summed E-state index contributed by atoms with van der Waals surface area (Å²) in [4.78, 5) is 25.5. The van der Waals surface area contributed by atoms with Crippen LogP contribution in [0.2, 0.25) is 0 Å². The Morgan fingerprint density at radius 3 is 2.51 bits per heavy atom. The molecule has 4 aromatic rings. The van der Waals surface area contributed by atoms with Gasteiger partial charge in [-0.3, -0.25) is 9.59 Å². The van der Waals surface area contributed by atoms with Gasteiger partial charge in [-0.2, -0.15) is 5.10 Å². The molecule has 3 aromatic carbocycles. The number of nitrogens with zero attached hydrogens (tertiary/aromatic N) is 3. The zero-order chi connectivity index (χ0) is 27.5. The van der Waals surface area contributed by atoms with Crippen molar-refractivity contribution < 1.29 is 14.3 Å². The van der Waals surface area contributed by atoms with Crippen molar-refractivity contribution >= 4 is 60.9 Å². The van der Waals surface area contributed by atoms with Crippen LogP contribution in [0.3, 0.4) is 0 Å². The van der Waals surface area contributed by atoms with Crippen molar-refractivity contribution in [1.29, 1.82) is 0 Å². The van der Waals surface area contributed by atoms with Gasteiger partial charge in [0.15, 0.2) is 0 Å². The maximum atomic E-state index is 13.1. The number of hydrogen-bond acceptors (Lipinski definition) is 5. The molecule has 0 saturated heterocycles. The molecule has 0 bridgehead atoms. The fourth-order valence-electron chi connectivity index (χ4n) is 4.66. The van der Waals surface area contributed by atoms with Gasteiger partial charge in [-0.05, 0) is 85.5 Å². The van der Waals surface area contributed by atoms with Crippen molar-refractivity contribution in [3.63, 3.8) is 0 Å². The Morgan fingerprint density at radius 1 is 1.15 bits per heavy atom. The number of anilines is 1. The molecule has 202 valence electrons. The summed E-state index contributed by atoms with van der Waals surface area (Å²) < 4.78 is 10.4. The number of esters is 1. The Kier molecular flexibility index (Phi) is 8.18. The predicted molar refractivity (Wildman–Crippen MR) is 163 cm³/mol. The molecule has 1 saturated carbocycles. The number of amides is 1. The molecule has 0 radical (unpaired) electrons. The molecule has 1 atom stereocenters. The number of rotatable bonds is 10. The fraction of sp³-hybridized carbons (Fsp3) is 0.267.